The Kier molecular flexibility index (Phi) is 8.82. The van der Waals surface area contributed by atoms with Crippen LogP contribution in [0.2, 0.25) is 0 Å². The Hall–Kier alpha value is -3.01. The van der Waals surface area contributed by atoms with E-state index in [0.717, 1.165) is 28.0 Å². The second-order valence-electron chi connectivity index (χ2n) is 9.35. The molecule has 0 aliphatic carbocycles. The van der Waals surface area contributed by atoms with Crippen LogP contribution in [0.15, 0.2) is 35.3 Å². The van der Waals surface area contributed by atoms with Crippen LogP contribution in [0.1, 0.15) is 31.9 Å². The molecule has 0 aliphatic rings. The summed E-state index contributed by atoms with van der Waals surface area (Å²) in [6.07, 6.45) is 0.893. The number of fused-ring (bicyclic) bond motifs is 1. The summed E-state index contributed by atoms with van der Waals surface area (Å²) in [6.45, 7) is 9.07. The maximum atomic E-state index is 12.4. The minimum atomic E-state index is -0.897. The van der Waals surface area contributed by atoms with Crippen LogP contribution in [-0.4, -0.2) is 57.7 Å². The summed E-state index contributed by atoms with van der Waals surface area (Å²) in [6, 6.07) is 6.94. The summed E-state index contributed by atoms with van der Waals surface area (Å²) in [5, 5.41) is 13.2. The number of benzene rings is 1. The Morgan fingerprint density at radius 3 is 2.60 bits per heavy atom. The van der Waals surface area contributed by atoms with Crippen molar-refractivity contribution >= 4 is 17.0 Å². The molecular weight excluding hydrogens is 448 g/mol. The predicted molar refractivity (Wildman–Crippen MR) is 135 cm³/mol. The topological polar surface area (TPSA) is 108 Å². The van der Waals surface area contributed by atoms with Gasteiger partial charge in [-0.25, -0.2) is 4.98 Å². The number of carbonyl (C=O) groups excluding carboxylic acids is 1. The number of ether oxygens (including phenoxy) is 2. The minimum Gasteiger partial charge on any atom is -0.464 e. The van der Waals surface area contributed by atoms with Gasteiger partial charge in [0, 0.05) is 44.6 Å². The Bertz CT molecular complexity index is 1200. The van der Waals surface area contributed by atoms with Gasteiger partial charge in [-0.05, 0) is 43.5 Å². The molecule has 0 bridgehead atoms. The van der Waals surface area contributed by atoms with Gasteiger partial charge in [0.15, 0.2) is 0 Å². The number of methoxy groups -OCH3 is 1. The van der Waals surface area contributed by atoms with Crippen LogP contribution in [0.25, 0.3) is 22.4 Å². The molecule has 35 heavy (non-hydrogen) atoms. The van der Waals surface area contributed by atoms with E-state index in [2.05, 4.69) is 9.88 Å². The average molecular weight is 485 g/mol. The number of imidazole rings is 1. The van der Waals surface area contributed by atoms with Crippen LogP contribution < -0.4 is 10.9 Å². The van der Waals surface area contributed by atoms with Crippen molar-refractivity contribution in [3.8, 4) is 11.4 Å². The second kappa shape index (κ2) is 11.6. The minimum absolute atomic E-state index is 0.0405. The molecule has 0 saturated carbocycles. The molecule has 2 aromatic heterocycles. The van der Waals surface area contributed by atoms with E-state index in [0.29, 0.717) is 31.9 Å². The number of pyridine rings is 1. The van der Waals surface area contributed by atoms with Crippen molar-refractivity contribution in [1.29, 1.82) is 0 Å². The zero-order valence-corrected chi connectivity index (χ0v) is 21.4. The van der Waals surface area contributed by atoms with Crippen LogP contribution in [0.3, 0.4) is 0 Å². The molecule has 0 aliphatic heterocycles. The highest BCUT2D eigenvalue weighted by Gasteiger charge is 2.25. The monoisotopic (exact) mass is 484 g/mol. The van der Waals surface area contributed by atoms with Gasteiger partial charge in [-0.2, -0.15) is 0 Å². The lowest BCUT2D eigenvalue weighted by Gasteiger charge is -2.20. The first-order valence-electron chi connectivity index (χ1n) is 11.9. The number of hydrogen-bond acceptors (Lipinski definition) is 7. The first-order chi connectivity index (χ1) is 16.6. The molecule has 9 heteroatoms. The van der Waals surface area contributed by atoms with Crippen LogP contribution >= 0.6 is 0 Å². The van der Waals surface area contributed by atoms with Crippen molar-refractivity contribution in [3.05, 3.63) is 51.9 Å². The number of nitrogens with one attached hydrogen (secondary N) is 1. The Morgan fingerprint density at radius 2 is 1.97 bits per heavy atom. The lowest BCUT2D eigenvalue weighted by molar-refractivity contribution is -0.150. The first-order valence-corrected chi connectivity index (χ1v) is 11.9. The van der Waals surface area contributed by atoms with E-state index in [1.165, 1.54) is 0 Å². The summed E-state index contributed by atoms with van der Waals surface area (Å²) < 4.78 is 14.3. The van der Waals surface area contributed by atoms with Gasteiger partial charge in [0.2, 0.25) is 0 Å². The van der Waals surface area contributed by atoms with Crippen molar-refractivity contribution < 1.29 is 19.4 Å². The third-order valence-electron chi connectivity index (χ3n) is 5.77. The zero-order chi connectivity index (χ0) is 25.7. The molecule has 9 nitrogen and oxygen atoms in total. The van der Waals surface area contributed by atoms with E-state index < -0.39 is 18.1 Å². The van der Waals surface area contributed by atoms with E-state index in [1.807, 2.05) is 38.1 Å². The number of nitrogens with zero attached hydrogens (tertiary/aromatic N) is 3. The molecule has 0 fully saturated rings. The zero-order valence-electron chi connectivity index (χ0n) is 21.4. The van der Waals surface area contributed by atoms with Gasteiger partial charge in [-0.1, -0.05) is 19.9 Å². The van der Waals surface area contributed by atoms with E-state index in [9.17, 15) is 14.7 Å². The van der Waals surface area contributed by atoms with Crippen LogP contribution in [0.4, 0.5) is 0 Å². The molecule has 190 valence electrons. The van der Waals surface area contributed by atoms with Crippen molar-refractivity contribution in [2.45, 2.75) is 52.9 Å². The van der Waals surface area contributed by atoms with Gasteiger partial charge in [0.25, 0.3) is 5.56 Å². The van der Waals surface area contributed by atoms with Crippen LogP contribution in [-0.2, 0) is 34.4 Å². The average Bonchev–Trinajstić information content (AvgIpc) is 3.17. The van der Waals surface area contributed by atoms with E-state index in [1.54, 1.807) is 38.8 Å². The first kappa shape index (κ1) is 26.6. The molecule has 1 aromatic carbocycles. The van der Waals surface area contributed by atoms with Gasteiger partial charge in [0.05, 0.1) is 30.4 Å². The molecule has 0 spiro atoms. The number of aliphatic hydroxyl groups excluding tert-OH is 1. The fraction of sp³-hybridized carbons (Fsp3) is 0.500. The maximum Gasteiger partial charge on any atom is 0.325 e. The maximum absolute atomic E-state index is 12.4. The molecule has 2 N–H and O–H groups in total. The fourth-order valence-corrected chi connectivity index (χ4v) is 3.93. The SMILES string of the molecule is COCCn1c(-c2cc(C)c(=O)n(C)c2)nc2cc(CN[C@H](C(=O)OCC(C)C)[C@@H](C)O)ccc21. The van der Waals surface area contributed by atoms with Gasteiger partial charge in [-0.15, -0.1) is 0 Å². The molecule has 3 aromatic rings. The molecule has 0 radical (unpaired) electrons. The fourth-order valence-electron chi connectivity index (χ4n) is 3.93. The highest BCUT2D eigenvalue weighted by Crippen LogP contribution is 2.26. The van der Waals surface area contributed by atoms with Gasteiger partial charge < -0.3 is 23.7 Å². The van der Waals surface area contributed by atoms with Crippen molar-refractivity contribution in [1.82, 2.24) is 19.4 Å². The molecular formula is C26H36N4O5. The Morgan fingerprint density at radius 1 is 1.23 bits per heavy atom. The summed E-state index contributed by atoms with van der Waals surface area (Å²) >= 11 is 0. The molecule has 0 saturated heterocycles. The van der Waals surface area contributed by atoms with E-state index >= 15 is 0 Å². The molecule has 0 unspecified atom stereocenters. The number of esters is 1. The number of aromatic nitrogens is 3. The summed E-state index contributed by atoms with van der Waals surface area (Å²) in [5.41, 5.74) is 4.10. The van der Waals surface area contributed by atoms with E-state index in [4.69, 9.17) is 14.5 Å². The van der Waals surface area contributed by atoms with Crippen molar-refractivity contribution in [2.24, 2.45) is 13.0 Å². The van der Waals surface area contributed by atoms with Crippen molar-refractivity contribution in [2.75, 3.05) is 20.3 Å². The highest BCUT2D eigenvalue weighted by molar-refractivity contribution is 5.81. The number of rotatable bonds is 11. The summed E-state index contributed by atoms with van der Waals surface area (Å²) in [7, 11) is 3.39. The molecule has 2 heterocycles. The smallest absolute Gasteiger partial charge is 0.325 e. The van der Waals surface area contributed by atoms with Gasteiger partial charge in [0.1, 0.15) is 11.9 Å². The quantitative estimate of drug-likeness (QED) is 0.403. The Labute approximate surface area is 205 Å². The predicted octanol–water partition coefficient (Wildman–Crippen LogP) is 2.40. The molecule has 2 atom stereocenters. The molecule has 3 rings (SSSR count). The molecule has 0 amide bonds. The lowest BCUT2D eigenvalue weighted by atomic mass is 10.1. The largest absolute Gasteiger partial charge is 0.464 e. The number of hydrogen-bond donors (Lipinski definition) is 2. The number of carbonyl (C=O) groups is 1. The second-order valence-corrected chi connectivity index (χ2v) is 9.35. The van der Waals surface area contributed by atoms with Gasteiger partial charge in [-0.3, -0.25) is 14.9 Å². The van der Waals surface area contributed by atoms with Crippen LogP contribution in [0, 0.1) is 12.8 Å². The normalized spacial score (nSPS) is 13.4. The highest BCUT2D eigenvalue weighted by atomic mass is 16.5. The lowest BCUT2D eigenvalue weighted by Crippen LogP contribution is -2.45. The summed E-state index contributed by atoms with van der Waals surface area (Å²) in [4.78, 5) is 29.5. The van der Waals surface area contributed by atoms with Crippen LogP contribution in [0.5, 0.6) is 0 Å². The number of aliphatic hydroxyl groups is 1. The van der Waals surface area contributed by atoms with Crippen molar-refractivity contribution in [3.63, 3.8) is 0 Å². The third-order valence-corrected chi connectivity index (χ3v) is 5.77. The third kappa shape index (κ3) is 6.36. The summed E-state index contributed by atoms with van der Waals surface area (Å²) in [5.74, 6) is 0.500. The standard InChI is InChI=1S/C26H36N4O5/c1-16(2)15-35-26(33)23(18(4)31)27-13-19-7-8-22-21(12-19)28-24(30(22)9-10-34-6)20-11-17(3)25(32)29(5)14-20/h7-8,11-12,14,16,18,23,27,31H,9-10,13,15H2,1-6H3/t18-,23+/m1/s1. The number of aryl methyl sites for hydroxylation is 2. The Balaban J connectivity index is 1.90. The van der Waals surface area contributed by atoms with Gasteiger partial charge >= 0.3 is 5.97 Å². The van der Waals surface area contributed by atoms with E-state index in [-0.39, 0.29) is 11.5 Å².